The maximum atomic E-state index is 11.2. The number of likely N-dealkylation sites (tertiary alicyclic amines) is 1. The van der Waals surface area contributed by atoms with Crippen LogP contribution in [0.2, 0.25) is 0 Å². The van der Waals surface area contributed by atoms with E-state index in [9.17, 15) is 4.79 Å². The highest BCUT2D eigenvalue weighted by Crippen LogP contribution is 2.18. The van der Waals surface area contributed by atoms with E-state index in [2.05, 4.69) is 27.9 Å². The molecule has 1 aliphatic rings. The number of imidazole rings is 1. The van der Waals surface area contributed by atoms with Gasteiger partial charge in [-0.1, -0.05) is 6.92 Å². The summed E-state index contributed by atoms with van der Waals surface area (Å²) in [6.45, 7) is 3.87. The van der Waals surface area contributed by atoms with Gasteiger partial charge in [0.2, 0.25) is 5.91 Å². The average molecular weight is 402 g/mol. The SMILES string of the molecule is CC1CCN(C(=O)CC#N)CC1.N#Cc1ccc2ncc(-c3nccc(N)n3)n2c1. The lowest BCUT2D eigenvalue weighted by Crippen LogP contribution is -2.37. The molecule has 3 aromatic rings. The molecule has 0 aliphatic carbocycles. The molecular formula is C21H22N8O. The molecule has 1 saturated heterocycles. The summed E-state index contributed by atoms with van der Waals surface area (Å²) >= 11 is 0. The molecule has 3 aromatic heterocycles. The van der Waals surface area contributed by atoms with Gasteiger partial charge in [-0.3, -0.25) is 9.20 Å². The molecule has 4 heterocycles. The van der Waals surface area contributed by atoms with Crippen molar-refractivity contribution in [2.45, 2.75) is 26.2 Å². The fourth-order valence-corrected chi connectivity index (χ4v) is 3.15. The Balaban J connectivity index is 0.000000187. The number of nitrogen functional groups attached to an aromatic ring is 1. The third kappa shape index (κ3) is 4.89. The maximum Gasteiger partial charge on any atom is 0.236 e. The summed E-state index contributed by atoms with van der Waals surface area (Å²) in [5, 5.41) is 17.2. The molecule has 0 radical (unpaired) electrons. The fourth-order valence-electron chi connectivity index (χ4n) is 3.15. The number of nitrogens with two attached hydrogens (primary N) is 1. The number of amides is 1. The third-order valence-corrected chi connectivity index (χ3v) is 4.91. The van der Waals surface area contributed by atoms with Crippen LogP contribution in [0.25, 0.3) is 17.2 Å². The zero-order valence-electron chi connectivity index (χ0n) is 16.7. The molecule has 0 aromatic carbocycles. The maximum absolute atomic E-state index is 11.2. The molecule has 0 unspecified atom stereocenters. The van der Waals surface area contributed by atoms with Gasteiger partial charge in [0.15, 0.2) is 5.82 Å². The second kappa shape index (κ2) is 9.48. The molecule has 152 valence electrons. The first-order chi connectivity index (χ1) is 14.5. The first-order valence-electron chi connectivity index (χ1n) is 9.62. The molecular weight excluding hydrogens is 380 g/mol. The molecule has 1 amide bonds. The van der Waals surface area contributed by atoms with Gasteiger partial charge in [0.1, 0.15) is 29.6 Å². The average Bonchev–Trinajstić information content (AvgIpc) is 3.18. The summed E-state index contributed by atoms with van der Waals surface area (Å²) in [6.07, 6.45) is 7.14. The number of carbonyl (C=O) groups excluding carboxylic acids is 1. The normalized spacial score (nSPS) is 13.8. The van der Waals surface area contributed by atoms with Crippen molar-refractivity contribution in [2.24, 2.45) is 5.92 Å². The van der Waals surface area contributed by atoms with Crippen LogP contribution in [0.15, 0.2) is 36.8 Å². The van der Waals surface area contributed by atoms with Crippen LogP contribution in [-0.2, 0) is 4.79 Å². The Kier molecular flexibility index (Phi) is 6.56. The van der Waals surface area contributed by atoms with Crippen molar-refractivity contribution in [3.05, 3.63) is 42.4 Å². The Hall–Kier alpha value is -3.98. The predicted molar refractivity (Wildman–Crippen MR) is 111 cm³/mol. The van der Waals surface area contributed by atoms with Crippen LogP contribution in [0.4, 0.5) is 5.82 Å². The molecule has 30 heavy (non-hydrogen) atoms. The van der Waals surface area contributed by atoms with Gasteiger partial charge in [0.25, 0.3) is 0 Å². The zero-order valence-corrected chi connectivity index (χ0v) is 16.7. The first kappa shape index (κ1) is 20.7. The minimum Gasteiger partial charge on any atom is -0.384 e. The fraction of sp³-hybridized carbons (Fsp3) is 0.333. The number of hydrogen-bond donors (Lipinski definition) is 1. The smallest absolute Gasteiger partial charge is 0.236 e. The van der Waals surface area contributed by atoms with Crippen LogP contribution >= 0.6 is 0 Å². The summed E-state index contributed by atoms with van der Waals surface area (Å²) < 4.78 is 1.77. The van der Waals surface area contributed by atoms with Crippen LogP contribution in [-0.4, -0.2) is 43.2 Å². The van der Waals surface area contributed by atoms with Crippen LogP contribution in [0.1, 0.15) is 31.7 Å². The highest BCUT2D eigenvalue weighted by Gasteiger charge is 2.19. The van der Waals surface area contributed by atoms with E-state index in [-0.39, 0.29) is 12.3 Å². The number of aromatic nitrogens is 4. The van der Waals surface area contributed by atoms with Gasteiger partial charge in [-0.05, 0) is 37.0 Å². The van der Waals surface area contributed by atoms with Crippen molar-refractivity contribution in [1.29, 1.82) is 10.5 Å². The second-order valence-corrected chi connectivity index (χ2v) is 7.10. The molecule has 0 saturated carbocycles. The number of hydrogen-bond acceptors (Lipinski definition) is 7. The van der Waals surface area contributed by atoms with Gasteiger partial charge in [-0.2, -0.15) is 10.5 Å². The van der Waals surface area contributed by atoms with Crippen molar-refractivity contribution < 1.29 is 4.79 Å². The van der Waals surface area contributed by atoms with Crippen molar-refractivity contribution in [1.82, 2.24) is 24.3 Å². The number of piperidine rings is 1. The van der Waals surface area contributed by atoms with Gasteiger partial charge in [0, 0.05) is 25.5 Å². The van der Waals surface area contributed by atoms with Crippen LogP contribution < -0.4 is 5.73 Å². The molecule has 1 fully saturated rings. The number of rotatable bonds is 2. The molecule has 9 heteroatoms. The molecule has 2 N–H and O–H groups in total. The highest BCUT2D eigenvalue weighted by molar-refractivity contribution is 5.78. The van der Waals surface area contributed by atoms with Gasteiger partial charge < -0.3 is 10.6 Å². The van der Waals surface area contributed by atoms with Gasteiger partial charge in [-0.25, -0.2) is 15.0 Å². The Morgan fingerprint density at radius 1 is 1.23 bits per heavy atom. The summed E-state index contributed by atoms with van der Waals surface area (Å²) in [6, 6.07) is 9.07. The van der Waals surface area contributed by atoms with Crippen LogP contribution in [0, 0.1) is 28.6 Å². The molecule has 4 rings (SSSR count). The monoisotopic (exact) mass is 402 g/mol. The summed E-state index contributed by atoms with van der Waals surface area (Å²) in [7, 11) is 0. The molecule has 0 spiro atoms. The van der Waals surface area contributed by atoms with Crippen molar-refractivity contribution in [3.63, 3.8) is 0 Å². The minimum absolute atomic E-state index is 0.00981. The van der Waals surface area contributed by atoms with E-state index in [0.29, 0.717) is 22.9 Å². The van der Waals surface area contributed by atoms with E-state index in [1.807, 2.05) is 6.07 Å². The second-order valence-electron chi connectivity index (χ2n) is 7.10. The topological polar surface area (TPSA) is 137 Å². The van der Waals surface area contributed by atoms with Crippen molar-refractivity contribution in [2.75, 3.05) is 18.8 Å². The largest absolute Gasteiger partial charge is 0.384 e. The van der Waals surface area contributed by atoms with Gasteiger partial charge in [-0.15, -0.1) is 0 Å². The lowest BCUT2D eigenvalue weighted by atomic mass is 9.99. The van der Waals surface area contributed by atoms with Crippen LogP contribution in [0.3, 0.4) is 0 Å². The van der Waals surface area contributed by atoms with Gasteiger partial charge >= 0.3 is 0 Å². The minimum atomic E-state index is -0.00981. The Bertz CT molecular complexity index is 1120. The third-order valence-electron chi connectivity index (χ3n) is 4.91. The standard InChI is InChI=1S/C12H8N6.C9H14N2O/c13-5-8-1-2-11-16-6-9(18(11)7-8)12-15-4-3-10(14)17-12;1-8-3-6-11(7-4-8)9(12)2-5-10/h1-4,6-7H,(H2,14,15,17);8H,2-4,6-7H2,1H3. The number of nitriles is 2. The van der Waals surface area contributed by atoms with E-state index < -0.39 is 0 Å². The van der Waals surface area contributed by atoms with E-state index >= 15 is 0 Å². The number of pyridine rings is 1. The zero-order chi connectivity index (χ0) is 21.5. The molecule has 1 aliphatic heterocycles. The predicted octanol–water partition coefficient (Wildman–Crippen LogP) is 2.40. The summed E-state index contributed by atoms with van der Waals surface area (Å²) in [5.41, 5.74) is 7.61. The Morgan fingerprint density at radius 2 is 2.00 bits per heavy atom. The number of carbonyl (C=O) groups is 1. The van der Waals surface area contributed by atoms with E-state index in [1.165, 1.54) is 0 Å². The number of fused-ring (bicyclic) bond motifs is 1. The van der Waals surface area contributed by atoms with Gasteiger partial charge in [0.05, 0.1) is 17.8 Å². The number of nitrogens with zero attached hydrogens (tertiary/aromatic N) is 7. The van der Waals surface area contributed by atoms with Crippen molar-refractivity contribution >= 4 is 17.4 Å². The highest BCUT2D eigenvalue weighted by atomic mass is 16.2. The van der Waals surface area contributed by atoms with E-state index in [4.69, 9.17) is 16.3 Å². The summed E-state index contributed by atoms with van der Waals surface area (Å²) in [4.78, 5) is 25.5. The lowest BCUT2D eigenvalue weighted by molar-refractivity contribution is -0.131. The van der Waals surface area contributed by atoms with Crippen LogP contribution in [0.5, 0.6) is 0 Å². The summed E-state index contributed by atoms with van der Waals surface area (Å²) in [5.74, 6) is 1.60. The molecule has 0 bridgehead atoms. The van der Waals surface area contributed by atoms with E-state index in [1.54, 1.807) is 46.1 Å². The Morgan fingerprint density at radius 3 is 2.67 bits per heavy atom. The number of anilines is 1. The Labute approximate surface area is 174 Å². The molecule has 9 nitrogen and oxygen atoms in total. The van der Waals surface area contributed by atoms with E-state index in [0.717, 1.165) is 37.5 Å². The molecule has 0 atom stereocenters. The van der Waals surface area contributed by atoms with Crippen molar-refractivity contribution in [3.8, 4) is 23.7 Å². The quantitative estimate of drug-likeness (QED) is 0.694. The lowest BCUT2D eigenvalue weighted by Gasteiger charge is -2.29. The first-order valence-corrected chi connectivity index (χ1v) is 9.62.